The van der Waals surface area contributed by atoms with Crippen molar-refractivity contribution in [1.29, 1.82) is 5.26 Å². The first-order valence-corrected chi connectivity index (χ1v) is 18.0. The van der Waals surface area contributed by atoms with E-state index in [1.165, 1.54) is 0 Å². The smallest absolute Gasteiger partial charge is 0.410 e. The fourth-order valence-electron chi connectivity index (χ4n) is 4.99. The lowest BCUT2D eigenvalue weighted by molar-refractivity contribution is 0.0191. The predicted octanol–water partition coefficient (Wildman–Crippen LogP) is 6.37. The van der Waals surface area contributed by atoms with Gasteiger partial charge in [-0.05, 0) is 62.2 Å². The number of aromatic nitrogens is 3. The van der Waals surface area contributed by atoms with Gasteiger partial charge in [0.25, 0.3) is 0 Å². The van der Waals surface area contributed by atoms with E-state index in [-0.39, 0.29) is 12.1 Å². The SMILES string of the molecule is CCN(C(=O)OC(C)(C)C)[C@H]1CCN(c2c(Br)cnc3c2c2cc(C#N)ncc2n3COCC[Si](C)(C)C)C1. The first kappa shape index (κ1) is 29.3. The summed E-state index contributed by atoms with van der Waals surface area (Å²) in [5, 5.41) is 11.5. The van der Waals surface area contributed by atoms with Crippen molar-refractivity contribution in [1.82, 2.24) is 19.4 Å². The largest absolute Gasteiger partial charge is 0.444 e. The molecule has 1 amide bonds. The van der Waals surface area contributed by atoms with E-state index < -0.39 is 13.7 Å². The van der Waals surface area contributed by atoms with Gasteiger partial charge in [-0.2, -0.15) is 5.26 Å². The molecule has 0 aliphatic carbocycles. The molecule has 0 unspecified atom stereocenters. The summed E-state index contributed by atoms with van der Waals surface area (Å²) in [5.74, 6) is 0. The second-order valence-electron chi connectivity index (χ2n) is 12.3. The number of pyridine rings is 2. The van der Waals surface area contributed by atoms with Gasteiger partial charge in [0, 0.05) is 45.9 Å². The first-order valence-electron chi connectivity index (χ1n) is 13.5. The number of hydrogen-bond acceptors (Lipinski definition) is 7. The van der Waals surface area contributed by atoms with Crippen LogP contribution in [-0.2, 0) is 16.2 Å². The number of nitrogens with zero attached hydrogens (tertiary/aromatic N) is 6. The minimum atomic E-state index is -1.22. The Labute approximate surface area is 240 Å². The van der Waals surface area contributed by atoms with Crippen LogP contribution in [0.1, 0.15) is 39.8 Å². The van der Waals surface area contributed by atoms with Crippen LogP contribution in [0.3, 0.4) is 0 Å². The normalized spacial score (nSPS) is 16.2. The van der Waals surface area contributed by atoms with Crippen molar-refractivity contribution in [2.75, 3.05) is 31.1 Å². The van der Waals surface area contributed by atoms with Crippen molar-refractivity contribution >= 4 is 57.7 Å². The van der Waals surface area contributed by atoms with E-state index in [0.29, 0.717) is 32.1 Å². The van der Waals surface area contributed by atoms with Gasteiger partial charge in [0.1, 0.15) is 29.7 Å². The summed E-state index contributed by atoms with van der Waals surface area (Å²) in [6.07, 6.45) is 4.11. The van der Waals surface area contributed by atoms with Gasteiger partial charge >= 0.3 is 6.09 Å². The van der Waals surface area contributed by atoms with E-state index in [1.807, 2.05) is 49.4 Å². The van der Waals surface area contributed by atoms with Gasteiger partial charge in [0.05, 0.1) is 33.3 Å². The highest BCUT2D eigenvalue weighted by Crippen LogP contribution is 2.41. The molecule has 0 N–H and O–H groups in total. The summed E-state index contributed by atoms with van der Waals surface area (Å²) in [4.78, 5) is 26.2. The van der Waals surface area contributed by atoms with Crippen molar-refractivity contribution in [2.45, 2.75) is 78.2 Å². The summed E-state index contributed by atoms with van der Waals surface area (Å²) in [7, 11) is -1.22. The molecule has 0 saturated carbocycles. The third kappa shape index (κ3) is 6.56. The van der Waals surface area contributed by atoms with Crippen LogP contribution in [0.4, 0.5) is 10.5 Å². The van der Waals surface area contributed by atoms with Crippen LogP contribution in [0.2, 0.25) is 25.7 Å². The van der Waals surface area contributed by atoms with Crippen LogP contribution < -0.4 is 4.90 Å². The molecule has 3 aromatic heterocycles. The van der Waals surface area contributed by atoms with Crippen molar-refractivity contribution in [3.63, 3.8) is 0 Å². The molecule has 210 valence electrons. The molecule has 0 spiro atoms. The molecular weight excluding hydrogens is 576 g/mol. The van der Waals surface area contributed by atoms with Crippen LogP contribution in [0.15, 0.2) is 22.9 Å². The van der Waals surface area contributed by atoms with E-state index in [2.05, 4.69) is 51.5 Å². The van der Waals surface area contributed by atoms with Crippen molar-refractivity contribution in [2.24, 2.45) is 0 Å². The highest BCUT2D eigenvalue weighted by molar-refractivity contribution is 9.10. The van der Waals surface area contributed by atoms with Crippen LogP contribution in [0.5, 0.6) is 0 Å². The molecule has 4 heterocycles. The number of hydrogen-bond donors (Lipinski definition) is 0. The molecule has 1 saturated heterocycles. The van der Waals surface area contributed by atoms with E-state index in [0.717, 1.165) is 51.1 Å². The van der Waals surface area contributed by atoms with Gasteiger partial charge in [0.2, 0.25) is 0 Å². The van der Waals surface area contributed by atoms with Crippen LogP contribution in [0, 0.1) is 11.3 Å². The maximum absolute atomic E-state index is 12.9. The van der Waals surface area contributed by atoms with Gasteiger partial charge in [-0.1, -0.05) is 19.6 Å². The Bertz CT molecular complexity index is 1410. The zero-order chi connectivity index (χ0) is 28.5. The lowest BCUT2D eigenvalue weighted by Crippen LogP contribution is -2.44. The van der Waals surface area contributed by atoms with E-state index in [9.17, 15) is 10.1 Å². The molecule has 1 aliphatic rings. The minimum absolute atomic E-state index is 0.0227. The molecule has 1 fully saturated rings. The zero-order valence-electron chi connectivity index (χ0n) is 24.0. The number of ether oxygens (including phenoxy) is 2. The van der Waals surface area contributed by atoms with E-state index in [1.54, 1.807) is 6.20 Å². The number of rotatable bonds is 8. The second-order valence-corrected chi connectivity index (χ2v) is 18.8. The maximum Gasteiger partial charge on any atom is 0.410 e. The highest BCUT2D eigenvalue weighted by Gasteiger charge is 2.34. The van der Waals surface area contributed by atoms with Gasteiger partial charge in [0.15, 0.2) is 0 Å². The van der Waals surface area contributed by atoms with Crippen LogP contribution in [0.25, 0.3) is 21.9 Å². The Morgan fingerprint density at radius 3 is 2.67 bits per heavy atom. The monoisotopic (exact) mass is 614 g/mol. The summed E-state index contributed by atoms with van der Waals surface area (Å²) < 4.78 is 14.7. The molecule has 4 rings (SSSR count). The Hall–Kier alpha value is -2.68. The van der Waals surface area contributed by atoms with E-state index >= 15 is 0 Å². The summed E-state index contributed by atoms with van der Waals surface area (Å²) in [6.45, 7) is 17.7. The topological polar surface area (TPSA) is 96.5 Å². The van der Waals surface area contributed by atoms with Gasteiger partial charge in [-0.15, -0.1) is 0 Å². The van der Waals surface area contributed by atoms with Gasteiger partial charge in [-0.3, -0.25) is 4.57 Å². The van der Waals surface area contributed by atoms with Crippen molar-refractivity contribution < 1.29 is 14.3 Å². The Kier molecular flexibility index (Phi) is 8.59. The first-order chi connectivity index (χ1) is 18.3. The number of carbonyl (C=O) groups is 1. The highest BCUT2D eigenvalue weighted by atomic mass is 79.9. The number of amides is 1. The van der Waals surface area contributed by atoms with Crippen LogP contribution in [-0.4, -0.2) is 71.5 Å². The molecule has 0 bridgehead atoms. The fraction of sp³-hybridized carbons (Fsp3) is 0.571. The zero-order valence-corrected chi connectivity index (χ0v) is 26.6. The van der Waals surface area contributed by atoms with Crippen molar-refractivity contribution in [3.8, 4) is 6.07 Å². The molecule has 39 heavy (non-hydrogen) atoms. The third-order valence-corrected chi connectivity index (χ3v) is 9.19. The molecule has 3 aromatic rings. The van der Waals surface area contributed by atoms with Crippen LogP contribution >= 0.6 is 15.9 Å². The molecule has 9 nitrogen and oxygen atoms in total. The average molecular weight is 616 g/mol. The fourth-order valence-corrected chi connectivity index (χ4v) is 6.30. The van der Waals surface area contributed by atoms with Crippen molar-refractivity contribution in [3.05, 3.63) is 28.6 Å². The number of likely N-dealkylation sites (N-methyl/N-ethyl adjacent to an activating group) is 1. The summed E-state index contributed by atoms with van der Waals surface area (Å²) in [5.41, 5.74) is 2.48. The third-order valence-electron chi connectivity index (χ3n) is 6.91. The molecule has 0 radical (unpaired) electrons. The quantitative estimate of drug-likeness (QED) is 0.215. The number of carbonyl (C=O) groups excluding carboxylic acids is 1. The van der Waals surface area contributed by atoms with Gasteiger partial charge < -0.3 is 19.3 Å². The summed E-state index contributed by atoms with van der Waals surface area (Å²) >= 11 is 3.76. The molecule has 1 aliphatic heterocycles. The predicted molar refractivity (Wildman–Crippen MR) is 161 cm³/mol. The molecule has 0 aromatic carbocycles. The number of fused-ring (bicyclic) bond motifs is 3. The lowest BCUT2D eigenvalue weighted by atomic mass is 10.1. The molecular formula is C28H39BrN6O3Si. The molecule has 11 heteroatoms. The summed E-state index contributed by atoms with van der Waals surface area (Å²) in [6, 6.07) is 5.11. The second kappa shape index (κ2) is 11.4. The maximum atomic E-state index is 12.9. The Morgan fingerprint density at radius 1 is 1.28 bits per heavy atom. The Balaban J connectivity index is 1.72. The number of anilines is 1. The lowest BCUT2D eigenvalue weighted by Gasteiger charge is -2.31. The minimum Gasteiger partial charge on any atom is -0.444 e. The number of halogens is 1. The van der Waals surface area contributed by atoms with E-state index in [4.69, 9.17) is 14.5 Å². The van der Waals surface area contributed by atoms with Gasteiger partial charge in [-0.25, -0.2) is 14.8 Å². The number of nitriles is 1. The Morgan fingerprint density at radius 2 is 2.03 bits per heavy atom. The average Bonchev–Trinajstić information content (AvgIpc) is 3.43. The molecule has 1 atom stereocenters. The standard InChI is InChI=1S/C28H39BrN6O3Si/c1-8-34(27(36)38-28(2,3)4)20-9-10-33(17-20)25-22(29)15-32-26-24(25)21-13-19(14-30)31-16-23(21)35(26)18-37-11-12-39(5,6)7/h13,15-16,20H,8-12,17-18H2,1-7H3/t20-/m0/s1.